The van der Waals surface area contributed by atoms with Crippen LogP contribution in [0.15, 0.2) is 21.8 Å². The summed E-state index contributed by atoms with van der Waals surface area (Å²) in [5.41, 5.74) is 5.79. The van der Waals surface area contributed by atoms with Crippen molar-refractivity contribution in [2.75, 3.05) is 29.4 Å². The van der Waals surface area contributed by atoms with E-state index in [-0.39, 0.29) is 64.1 Å². The SMILES string of the molecule is CSCS(=O)(=O)NCCC1=C(C([O-])=S)N2C(=O)C(NC(=O)/C(=N\O)c3csc(N)n3)[C@H]2SC1.[Na+]. The average Bonchev–Trinajstić information content (AvgIpc) is 3.17. The van der Waals surface area contributed by atoms with Gasteiger partial charge in [0.2, 0.25) is 10.0 Å². The summed E-state index contributed by atoms with van der Waals surface area (Å²) in [7, 11) is -3.44. The second kappa shape index (κ2) is 12.4. The molecule has 0 aromatic carbocycles. The molecule has 2 aliphatic heterocycles. The first-order valence-electron chi connectivity index (χ1n) is 9.18. The van der Waals surface area contributed by atoms with Gasteiger partial charge in [0.1, 0.15) is 22.2 Å². The maximum atomic E-state index is 12.8. The normalized spacial score (nSPS) is 20.3. The van der Waals surface area contributed by atoms with Crippen LogP contribution in [0.4, 0.5) is 5.13 Å². The van der Waals surface area contributed by atoms with Crippen LogP contribution in [-0.4, -0.2) is 81.1 Å². The van der Waals surface area contributed by atoms with Gasteiger partial charge < -0.3 is 21.4 Å². The number of anilines is 1. The van der Waals surface area contributed by atoms with Crippen molar-refractivity contribution in [2.24, 2.45) is 5.16 Å². The molecule has 0 spiro atoms. The zero-order valence-corrected chi connectivity index (χ0v) is 24.1. The first-order chi connectivity index (χ1) is 15.6. The molecule has 18 heteroatoms. The van der Waals surface area contributed by atoms with Crippen LogP contribution in [0.2, 0.25) is 0 Å². The van der Waals surface area contributed by atoms with E-state index in [9.17, 15) is 28.3 Å². The van der Waals surface area contributed by atoms with Crippen molar-refractivity contribution in [1.82, 2.24) is 19.9 Å². The Morgan fingerprint density at radius 2 is 2.24 bits per heavy atom. The number of thioether (sulfide) groups is 2. The first kappa shape index (κ1) is 29.3. The van der Waals surface area contributed by atoms with E-state index in [1.807, 2.05) is 0 Å². The van der Waals surface area contributed by atoms with Gasteiger partial charge in [-0.25, -0.2) is 18.1 Å². The van der Waals surface area contributed by atoms with Crippen LogP contribution in [0.3, 0.4) is 0 Å². The van der Waals surface area contributed by atoms with Crippen LogP contribution in [0, 0.1) is 0 Å². The van der Waals surface area contributed by atoms with E-state index >= 15 is 0 Å². The van der Waals surface area contributed by atoms with Gasteiger partial charge in [0.15, 0.2) is 10.8 Å². The molecule has 1 aromatic heterocycles. The number of oxime groups is 1. The Kier molecular flexibility index (Phi) is 10.7. The predicted molar refractivity (Wildman–Crippen MR) is 129 cm³/mol. The molecule has 3 heterocycles. The Hall–Kier alpha value is -0.920. The Bertz CT molecular complexity index is 1140. The summed E-state index contributed by atoms with van der Waals surface area (Å²) in [4.78, 5) is 30.4. The molecule has 0 radical (unpaired) electrons. The van der Waals surface area contributed by atoms with E-state index in [4.69, 9.17) is 18.0 Å². The molecule has 1 aromatic rings. The number of hydrogen-bond donors (Lipinski definition) is 4. The fourth-order valence-electron chi connectivity index (χ4n) is 3.24. The fraction of sp³-hybridized carbons (Fsp3) is 0.438. The maximum absolute atomic E-state index is 12.8. The number of rotatable bonds is 10. The summed E-state index contributed by atoms with van der Waals surface area (Å²) in [6.45, 7) is 0.0604. The third-order valence-corrected chi connectivity index (χ3v) is 9.66. The zero-order valence-electron chi connectivity index (χ0n) is 18.0. The van der Waals surface area contributed by atoms with Gasteiger partial charge in [-0.2, -0.15) is 0 Å². The van der Waals surface area contributed by atoms with Crippen molar-refractivity contribution in [2.45, 2.75) is 17.8 Å². The summed E-state index contributed by atoms with van der Waals surface area (Å²) >= 11 is 8.32. The van der Waals surface area contributed by atoms with Crippen molar-refractivity contribution in [1.29, 1.82) is 0 Å². The van der Waals surface area contributed by atoms with E-state index in [1.165, 1.54) is 22.0 Å². The standard InChI is InChI=1S/C16H20N6O6S5.Na/c1-30-6-33(27,28)18-3-2-7-4-31-14-10(13(24)22(14)11(7)15(25)29)20-12(23)9(21-26)8-5-32-16(17)19-8;/h5,10,14,18,26H,2-4,6H2,1H3,(H2,17,19)(H,20,23)(H,25,29);/q;+1/p-1/b21-9-;/t10?,14-;/m1./s1. The van der Waals surface area contributed by atoms with E-state index in [0.717, 1.165) is 23.1 Å². The number of thiazole rings is 1. The largest absolute Gasteiger partial charge is 1.00 e. The molecule has 5 N–H and O–H groups in total. The number of sulfonamides is 1. The molecule has 0 saturated carbocycles. The molecular formula is C16H19N6NaO6S5. The number of hydrogen-bond acceptors (Lipinski definition) is 13. The van der Waals surface area contributed by atoms with Crippen LogP contribution < -0.4 is 50.4 Å². The number of nitrogens with two attached hydrogens (primary N) is 1. The summed E-state index contributed by atoms with van der Waals surface area (Å²) < 4.78 is 26.1. The van der Waals surface area contributed by atoms with Crippen LogP contribution in [0.1, 0.15) is 12.1 Å². The first-order valence-corrected chi connectivity index (χ1v) is 14.6. The minimum Gasteiger partial charge on any atom is -0.863 e. The monoisotopic (exact) mass is 574 g/mol. The summed E-state index contributed by atoms with van der Waals surface area (Å²) in [6, 6.07) is -0.971. The third-order valence-electron chi connectivity index (χ3n) is 4.63. The quantitative estimate of drug-likeness (QED) is 0.0530. The van der Waals surface area contributed by atoms with Gasteiger partial charge in [0.05, 0.1) is 0 Å². The van der Waals surface area contributed by atoms with Crippen LogP contribution in [-0.2, 0) is 19.6 Å². The molecule has 2 atom stereocenters. The number of aromatic nitrogens is 1. The molecule has 2 aliphatic rings. The number of carbonyl (C=O) groups is 2. The van der Waals surface area contributed by atoms with E-state index in [2.05, 4.69) is 20.2 Å². The number of thiocarbonyl (C=S) groups is 1. The van der Waals surface area contributed by atoms with E-state index < -0.39 is 44.0 Å². The number of carbonyl (C=O) groups excluding carboxylic acids is 2. The van der Waals surface area contributed by atoms with Crippen LogP contribution in [0.5, 0.6) is 0 Å². The molecule has 1 unspecified atom stereocenters. The molecule has 1 saturated heterocycles. The van der Waals surface area contributed by atoms with Gasteiger partial charge in [0, 0.05) is 23.4 Å². The molecule has 34 heavy (non-hydrogen) atoms. The fourth-order valence-corrected chi connectivity index (χ4v) is 7.40. The molecule has 0 bridgehead atoms. The number of β-lactam (4-membered cyclic amide) rings is 1. The smallest absolute Gasteiger partial charge is 0.863 e. The Morgan fingerprint density at radius 1 is 1.53 bits per heavy atom. The number of nitrogens with zero attached hydrogens (tertiary/aromatic N) is 3. The molecular weight excluding hydrogens is 556 g/mol. The second-order valence-electron chi connectivity index (χ2n) is 6.79. The minimum atomic E-state index is -3.44. The third kappa shape index (κ3) is 6.44. The molecule has 0 aliphatic carbocycles. The second-order valence-corrected chi connectivity index (χ2v) is 12.2. The summed E-state index contributed by atoms with van der Waals surface area (Å²) in [5.74, 6) is -1.05. The van der Waals surface area contributed by atoms with Gasteiger partial charge >= 0.3 is 29.6 Å². The van der Waals surface area contributed by atoms with E-state index in [0.29, 0.717) is 11.3 Å². The Labute approximate surface area is 235 Å². The predicted octanol–water partition coefficient (Wildman–Crippen LogP) is -4.12. The van der Waals surface area contributed by atoms with Gasteiger partial charge in [0.25, 0.3) is 11.8 Å². The molecule has 12 nitrogen and oxygen atoms in total. The molecule has 1 fully saturated rings. The van der Waals surface area contributed by atoms with Gasteiger partial charge in [-0.1, -0.05) is 17.4 Å². The van der Waals surface area contributed by atoms with Crippen molar-refractivity contribution in [3.05, 3.63) is 22.3 Å². The topological polar surface area (TPSA) is 190 Å². The van der Waals surface area contributed by atoms with Crippen molar-refractivity contribution in [3.8, 4) is 0 Å². The Balaban J connectivity index is 0.00000408. The van der Waals surface area contributed by atoms with Crippen molar-refractivity contribution < 1.29 is 57.9 Å². The van der Waals surface area contributed by atoms with Gasteiger partial charge in [-0.05, 0) is 23.3 Å². The number of fused-ring (bicyclic) bond motifs is 1. The zero-order chi connectivity index (χ0) is 24.3. The number of amides is 2. The summed E-state index contributed by atoms with van der Waals surface area (Å²) in [6.07, 6.45) is 1.87. The number of nitrogen functional groups attached to an aromatic ring is 1. The average molecular weight is 575 g/mol. The van der Waals surface area contributed by atoms with Gasteiger partial charge in [-0.3, -0.25) is 14.5 Å². The molecule has 3 rings (SSSR count). The van der Waals surface area contributed by atoms with E-state index in [1.54, 1.807) is 6.26 Å². The van der Waals surface area contributed by atoms with Crippen LogP contribution in [0.25, 0.3) is 0 Å². The number of nitrogens with one attached hydrogen (secondary N) is 2. The van der Waals surface area contributed by atoms with Crippen LogP contribution >= 0.6 is 47.1 Å². The minimum absolute atomic E-state index is 0. The Morgan fingerprint density at radius 3 is 2.79 bits per heavy atom. The molecule has 2 amide bonds. The summed E-state index contributed by atoms with van der Waals surface area (Å²) in [5, 5.41) is 27.0. The van der Waals surface area contributed by atoms with Gasteiger partial charge in [-0.15, -0.1) is 34.9 Å². The maximum Gasteiger partial charge on any atom is 1.00 e. The molecule has 180 valence electrons. The van der Waals surface area contributed by atoms with Crippen molar-refractivity contribution >= 4 is 84.8 Å². The van der Waals surface area contributed by atoms with Crippen molar-refractivity contribution in [3.63, 3.8) is 0 Å².